The molecule has 0 amide bonds. The van der Waals surface area contributed by atoms with Crippen LogP contribution in [0.3, 0.4) is 0 Å². The van der Waals surface area contributed by atoms with Crippen LogP contribution in [-0.4, -0.2) is 19.5 Å². The Hall–Kier alpha value is -4.24. The van der Waals surface area contributed by atoms with Crippen molar-refractivity contribution in [3.63, 3.8) is 0 Å². The predicted molar refractivity (Wildman–Crippen MR) is 140 cm³/mol. The van der Waals surface area contributed by atoms with E-state index in [2.05, 4.69) is 16.4 Å². The number of benzene rings is 3. The van der Waals surface area contributed by atoms with Gasteiger partial charge in [0.1, 0.15) is 5.52 Å². The largest absolute Gasteiger partial charge is 0.416 e. The Balaban J connectivity index is 1.42. The summed E-state index contributed by atoms with van der Waals surface area (Å²) in [6, 6.07) is 23.2. The van der Waals surface area contributed by atoms with Crippen LogP contribution in [0.4, 0.5) is 19.0 Å². The van der Waals surface area contributed by atoms with Gasteiger partial charge in [-0.15, -0.1) is 11.3 Å². The van der Waals surface area contributed by atoms with Crippen LogP contribution in [-0.2, 0) is 19.3 Å². The molecule has 0 spiro atoms. The first-order valence-electron chi connectivity index (χ1n) is 11.6. The molecule has 0 fully saturated rings. The molecule has 0 unspecified atom stereocenters. The maximum absolute atomic E-state index is 13.0. The number of imidazole rings is 1. The van der Waals surface area contributed by atoms with Crippen molar-refractivity contribution in [3.05, 3.63) is 107 Å². The van der Waals surface area contributed by atoms with Gasteiger partial charge in [0, 0.05) is 27.6 Å². The third kappa shape index (κ3) is 4.65. The van der Waals surface area contributed by atoms with Crippen molar-refractivity contribution in [2.45, 2.75) is 19.3 Å². The highest BCUT2D eigenvalue weighted by Gasteiger charge is 2.30. The van der Waals surface area contributed by atoms with E-state index < -0.39 is 11.7 Å². The SMILES string of the molecule is FC(F)(F)c1ccc(Cn2cnc3c(NCc4ccccc4)nc(-c4csc5ccccc45)nc32)cc1. The summed E-state index contributed by atoms with van der Waals surface area (Å²) in [5, 5.41) is 6.52. The predicted octanol–water partition coefficient (Wildman–Crippen LogP) is 7.39. The third-order valence-electron chi connectivity index (χ3n) is 6.12. The first-order valence-corrected chi connectivity index (χ1v) is 12.5. The molecule has 0 bridgehead atoms. The summed E-state index contributed by atoms with van der Waals surface area (Å²) in [7, 11) is 0. The molecule has 0 saturated heterocycles. The van der Waals surface area contributed by atoms with Crippen LogP contribution in [0, 0.1) is 0 Å². The number of anilines is 1. The second-order valence-electron chi connectivity index (χ2n) is 8.62. The van der Waals surface area contributed by atoms with Crippen LogP contribution in [0.25, 0.3) is 32.6 Å². The smallest absolute Gasteiger partial charge is 0.364 e. The fourth-order valence-electron chi connectivity index (χ4n) is 4.23. The zero-order chi connectivity index (χ0) is 25.4. The summed E-state index contributed by atoms with van der Waals surface area (Å²) in [4.78, 5) is 14.3. The van der Waals surface area contributed by atoms with Gasteiger partial charge in [-0.25, -0.2) is 15.0 Å². The van der Waals surface area contributed by atoms with Crippen LogP contribution in [0.5, 0.6) is 0 Å². The maximum atomic E-state index is 13.0. The summed E-state index contributed by atoms with van der Waals surface area (Å²) < 4.78 is 42.0. The van der Waals surface area contributed by atoms with E-state index in [-0.39, 0.29) is 0 Å². The summed E-state index contributed by atoms with van der Waals surface area (Å²) in [6.45, 7) is 0.885. The van der Waals surface area contributed by atoms with Gasteiger partial charge in [0.05, 0.1) is 18.4 Å². The molecule has 9 heteroatoms. The van der Waals surface area contributed by atoms with Crippen molar-refractivity contribution in [1.29, 1.82) is 0 Å². The van der Waals surface area contributed by atoms with E-state index in [1.165, 1.54) is 12.1 Å². The quantitative estimate of drug-likeness (QED) is 0.251. The van der Waals surface area contributed by atoms with E-state index in [9.17, 15) is 13.2 Å². The number of rotatable bonds is 6. The number of halogens is 3. The number of hydrogen-bond donors (Lipinski definition) is 1. The van der Waals surface area contributed by atoms with Gasteiger partial charge < -0.3 is 9.88 Å². The molecule has 3 heterocycles. The van der Waals surface area contributed by atoms with Gasteiger partial charge in [0.15, 0.2) is 17.3 Å². The van der Waals surface area contributed by atoms with Gasteiger partial charge in [-0.2, -0.15) is 13.2 Å². The zero-order valence-corrected chi connectivity index (χ0v) is 20.2. The molecule has 3 aromatic carbocycles. The topological polar surface area (TPSA) is 55.6 Å². The number of aromatic nitrogens is 4. The molecule has 3 aromatic heterocycles. The lowest BCUT2D eigenvalue weighted by Crippen LogP contribution is -2.07. The number of alkyl halides is 3. The Kier molecular flexibility index (Phi) is 5.84. The lowest BCUT2D eigenvalue weighted by Gasteiger charge is -2.11. The Morgan fingerprint density at radius 2 is 1.59 bits per heavy atom. The van der Waals surface area contributed by atoms with Crippen LogP contribution in [0.1, 0.15) is 16.7 Å². The first-order chi connectivity index (χ1) is 18.0. The molecule has 1 N–H and O–H groups in total. The highest BCUT2D eigenvalue weighted by molar-refractivity contribution is 7.17. The second kappa shape index (κ2) is 9.33. The van der Waals surface area contributed by atoms with Crippen molar-refractivity contribution in [2.75, 3.05) is 5.32 Å². The molecule has 0 aliphatic rings. The van der Waals surface area contributed by atoms with Crippen LogP contribution in [0.2, 0.25) is 0 Å². The molecule has 0 radical (unpaired) electrons. The Morgan fingerprint density at radius 1 is 0.838 bits per heavy atom. The van der Waals surface area contributed by atoms with Crippen molar-refractivity contribution in [2.24, 2.45) is 0 Å². The Morgan fingerprint density at radius 3 is 2.38 bits per heavy atom. The first kappa shape index (κ1) is 23.2. The second-order valence-corrected chi connectivity index (χ2v) is 9.53. The standard InChI is InChI=1S/C28H20F3N5S/c29-28(30,31)20-12-10-19(11-13-20)15-36-17-33-24-26(32-14-18-6-2-1-3-7-18)34-25(35-27(24)36)22-16-37-23-9-5-4-8-21(22)23/h1-13,16-17H,14-15H2,(H,32,34,35). The molecular weight excluding hydrogens is 495 g/mol. The molecule has 0 aliphatic heterocycles. The van der Waals surface area contributed by atoms with Gasteiger partial charge in [0.2, 0.25) is 0 Å². The van der Waals surface area contributed by atoms with E-state index in [0.29, 0.717) is 41.5 Å². The molecule has 0 atom stereocenters. The zero-order valence-electron chi connectivity index (χ0n) is 19.4. The van der Waals surface area contributed by atoms with E-state index >= 15 is 0 Å². The van der Waals surface area contributed by atoms with Gasteiger partial charge in [-0.1, -0.05) is 60.7 Å². The minimum Gasteiger partial charge on any atom is -0.364 e. The fourth-order valence-corrected chi connectivity index (χ4v) is 5.17. The van der Waals surface area contributed by atoms with Crippen LogP contribution >= 0.6 is 11.3 Å². The van der Waals surface area contributed by atoms with E-state index in [1.807, 2.05) is 58.5 Å². The van der Waals surface area contributed by atoms with Gasteiger partial charge in [0.25, 0.3) is 0 Å². The Bertz CT molecular complexity index is 1690. The van der Waals surface area contributed by atoms with Gasteiger partial charge in [-0.05, 0) is 29.3 Å². The molecular formula is C28H20F3N5S. The average molecular weight is 516 g/mol. The Labute approximate surface area is 214 Å². The maximum Gasteiger partial charge on any atom is 0.416 e. The minimum atomic E-state index is -4.37. The van der Waals surface area contributed by atoms with Crippen LogP contribution in [0.15, 0.2) is 90.6 Å². The number of hydrogen-bond acceptors (Lipinski definition) is 5. The van der Waals surface area contributed by atoms with E-state index in [4.69, 9.17) is 9.97 Å². The monoisotopic (exact) mass is 515 g/mol. The van der Waals surface area contributed by atoms with E-state index in [1.54, 1.807) is 17.7 Å². The van der Waals surface area contributed by atoms with Gasteiger partial charge >= 0.3 is 6.18 Å². The molecule has 6 rings (SSSR count). The number of nitrogens with one attached hydrogen (secondary N) is 1. The molecule has 5 nitrogen and oxygen atoms in total. The van der Waals surface area contributed by atoms with Crippen molar-refractivity contribution >= 4 is 38.4 Å². The highest BCUT2D eigenvalue weighted by Crippen LogP contribution is 2.34. The third-order valence-corrected chi connectivity index (χ3v) is 7.09. The van der Waals surface area contributed by atoms with Crippen LogP contribution < -0.4 is 5.32 Å². The number of nitrogens with zero attached hydrogens (tertiary/aromatic N) is 4. The molecule has 37 heavy (non-hydrogen) atoms. The number of fused-ring (bicyclic) bond motifs is 2. The summed E-state index contributed by atoms with van der Waals surface area (Å²) in [5.74, 6) is 1.17. The lowest BCUT2D eigenvalue weighted by molar-refractivity contribution is -0.137. The summed E-state index contributed by atoms with van der Waals surface area (Å²) in [5.41, 5.74) is 3.27. The summed E-state index contributed by atoms with van der Waals surface area (Å²) >= 11 is 1.63. The van der Waals surface area contributed by atoms with Gasteiger partial charge in [-0.3, -0.25) is 0 Å². The van der Waals surface area contributed by atoms with E-state index in [0.717, 1.165) is 33.3 Å². The minimum absolute atomic E-state index is 0.327. The molecule has 184 valence electrons. The lowest BCUT2D eigenvalue weighted by atomic mass is 10.1. The number of thiophene rings is 1. The average Bonchev–Trinajstić information content (AvgIpc) is 3.52. The van der Waals surface area contributed by atoms with Crippen molar-refractivity contribution < 1.29 is 13.2 Å². The fraction of sp³-hybridized carbons (Fsp3) is 0.107. The van der Waals surface area contributed by atoms with Crippen molar-refractivity contribution in [3.8, 4) is 11.4 Å². The molecule has 0 aliphatic carbocycles. The molecule has 6 aromatic rings. The van der Waals surface area contributed by atoms with Crippen molar-refractivity contribution in [1.82, 2.24) is 19.5 Å². The molecule has 0 saturated carbocycles. The summed E-state index contributed by atoms with van der Waals surface area (Å²) in [6.07, 6.45) is -2.72. The normalized spacial score (nSPS) is 11.9. The highest BCUT2D eigenvalue weighted by atomic mass is 32.1.